The van der Waals surface area contributed by atoms with E-state index in [4.69, 9.17) is 20.5 Å². The zero-order chi connectivity index (χ0) is 18.8. The van der Waals surface area contributed by atoms with E-state index in [0.29, 0.717) is 17.2 Å². The summed E-state index contributed by atoms with van der Waals surface area (Å²) in [5, 5.41) is 12.8. The number of nitriles is 1. The lowest BCUT2D eigenvalue weighted by molar-refractivity contribution is -0.117. The highest BCUT2D eigenvalue weighted by molar-refractivity contribution is 6.02. The first kappa shape index (κ1) is 17.3. The number of ether oxygens (including phenoxy) is 2. The number of nitrogens with zero attached hydrogens (tertiary/aromatic N) is 4. The predicted molar refractivity (Wildman–Crippen MR) is 92.0 cm³/mol. The summed E-state index contributed by atoms with van der Waals surface area (Å²) in [5.41, 5.74) is 6.41. The van der Waals surface area contributed by atoms with Gasteiger partial charge in [-0.3, -0.25) is 9.59 Å². The molecular weight excluding hydrogens is 338 g/mol. The first-order valence-corrected chi connectivity index (χ1v) is 7.80. The minimum Gasteiger partial charge on any atom is -0.497 e. The number of hydrogen-bond donors (Lipinski definition) is 1. The van der Waals surface area contributed by atoms with Gasteiger partial charge in [-0.05, 0) is 12.1 Å². The van der Waals surface area contributed by atoms with Gasteiger partial charge >= 0.3 is 0 Å². The molecule has 1 aliphatic rings. The molecule has 1 fully saturated rings. The van der Waals surface area contributed by atoms with Crippen molar-refractivity contribution in [2.45, 2.75) is 6.42 Å². The summed E-state index contributed by atoms with van der Waals surface area (Å²) in [6.45, 7) is 0.155. The van der Waals surface area contributed by atoms with Gasteiger partial charge in [-0.15, -0.1) is 0 Å². The van der Waals surface area contributed by atoms with E-state index in [1.165, 1.54) is 25.3 Å². The zero-order valence-electron chi connectivity index (χ0n) is 14.3. The lowest BCUT2D eigenvalue weighted by atomic mass is 10.1. The Morgan fingerprint density at radius 3 is 2.77 bits per heavy atom. The molecule has 1 aromatic heterocycles. The van der Waals surface area contributed by atoms with Gasteiger partial charge in [0.05, 0.1) is 32.0 Å². The summed E-state index contributed by atoms with van der Waals surface area (Å²) in [4.78, 5) is 26.7. The van der Waals surface area contributed by atoms with Crippen molar-refractivity contribution in [1.82, 2.24) is 9.78 Å². The summed E-state index contributed by atoms with van der Waals surface area (Å²) >= 11 is 0. The van der Waals surface area contributed by atoms with Crippen LogP contribution in [-0.2, 0) is 4.79 Å². The van der Waals surface area contributed by atoms with Gasteiger partial charge in [0.15, 0.2) is 0 Å². The lowest BCUT2D eigenvalue weighted by Gasteiger charge is -2.20. The number of benzene rings is 1. The second-order valence-corrected chi connectivity index (χ2v) is 5.75. The van der Waals surface area contributed by atoms with Gasteiger partial charge in [0.1, 0.15) is 28.9 Å². The summed E-state index contributed by atoms with van der Waals surface area (Å²) in [5.74, 6) is -0.242. The molecular formula is C17H17N5O4. The molecule has 0 aliphatic carbocycles. The smallest absolute Gasteiger partial charge is 0.254 e. The second-order valence-electron chi connectivity index (χ2n) is 5.75. The van der Waals surface area contributed by atoms with Crippen molar-refractivity contribution in [2.75, 3.05) is 31.4 Å². The van der Waals surface area contributed by atoms with Gasteiger partial charge in [0.2, 0.25) is 5.91 Å². The molecule has 1 atom stereocenters. The predicted octanol–water partition coefficient (Wildman–Crippen LogP) is 1.05. The van der Waals surface area contributed by atoms with Crippen LogP contribution in [0.15, 0.2) is 24.4 Å². The maximum absolute atomic E-state index is 12.7. The van der Waals surface area contributed by atoms with Gasteiger partial charge in [-0.25, -0.2) is 0 Å². The fourth-order valence-corrected chi connectivity index (χ4v) is 2.91. The van der Waals surface area contributed by atoms with Crippen LogP contribution in [0.3, 0.4) is 0 Å². The monoisotopic (exact) mass is 355 g/mol. The molecule has 9 nitrogen and oxygen atoms in total. The largest absolute Gasteiger partial charge is 0.497 e. The quantitative estimate of drug-likeness (QED) is 0.869. The Morgan fingerprint density at radius 1 is 1.38 bits per heavy atom. The van der Waals surface area contributed by atoms with Crippen molar-refractivity contribution in [2.24, 2.45) is 5.92 Å². The fraction of sp³-hybridized carbons (Fsp3) is 0.294. The first-order valence-electron chi connectivity index (χ1n) is 7.80. The number of amides is 1. The molecule has 1 aliphatic heterocycles. The Hall–Kier alpha value is -3.54. The maximum Gasteiger partial charge on any atom is 0.254 e. The summed E-state index contributed by atoms with van der Waals surface area (Å²) in [7, 11) is 3.03. The van der Waals surface area contributed by atoms with E-state index < -0.39 is 11.8 Å². The third-order valence-corrected chi connectivity index (χ3v) is 4.29. The van der Waals surface area contributed by atoms with E-state index >= 15 is 0 Å². The number of methoxy groups -OCH3 is 2. The number of anilines is 2. The van der Waals surface area contributed by atoms with Crippen LogP contribution >= 0.6 is 0 Å². The highest BCUT2D eigenvalue weighted by Gasteiger charge is 2.38. The van der Waals surface area contributed by atoms with Crippen LogP contribution in [0.5, 0.6) is 11.5 Å². The number of carbonyl (C=O) groups excluding carboxylic acids is 2. The fourth-order valence-electron chi connectivity index (χ4n) is 2.91. The Morgan fingerprint density at radius 2 is 2.15 bits per heavy atom. The SMILES string of the molecule is COc1ccc(OC)c(N2CC(C(=O)n3ncc(C#N)c3N)CC2=O)c1. The summed E-state index contributed by atoms with van der Waals surface area (Å²) < 4.78 is 11.5. The first-order chi connectivity index (χ1) is 12.5. The standard InChI is InChI=1S/C17H17N5O4/c1-25-12-3-4-14(26-2)13(6-12)21-9-10(5-15(21)23)17(24)22-16(19)11(7-18)8-20-22/h3-4,6,8,10H,5,9,19H2,1-2H3. The van der Waals surface area contributed by atoms with Crippen LogP contribution in [0.4, 0.5) is 11.5 Å². The Balaban J connectivity index is 1.88. The molecule has 26 heavy (non-hydrogen) atoms. The van der Waals surface area contributed by atoms with Crippen LogP contribution in [0, 0.1) is 17.2 Å². The molecule has 3 rings (SSSR count). The van der Waals surface area contributed by atoms with Crippen LogP contribution in [-0.4, -0.2) is 42.4 Å². The molecule has 0 saturated carbocycles. The van der Waals surface area contributed by atoms with Crippen LogP contribution in [0.2, 0.25) is 0 Å². The van der Waals surface area contributed by atoms with Crippen molar-refractivity contribution in [3.8, 4) is 17.6 Å². The highest BCUT2D eigenvalue weighted by atomic mass is 16.5. The number of rotatable bonds is 4. The maximum atomic E-state index is 12.7. The Labute approximate surface area is 149 Å². The van der Waals surface area contributed by atoms with Gasteiger partial charge in [-0.2, -0.15) is 15.0 Å². The van der Waals surface area contributed by atoms with Crippen molar-refractivity contribution in [3.05, 3.63) is 30.0 Å². The van der Waals surface area contributed by atoms with Crippen molar-refractivity contribution in [3.63, 3.8) is 0 Å². The molecule has 0 radical (unpaired) electrons. The van der Waals surface area contributed by atoms with E-state index in [0.717, 1.165) is 4.68 Å². The van der Waals surface area contributed by atoms with Crippen molar-refractivity contribution >= 4 is 23.3 Å². The zero-order valence-corrected chi connectivity index (χ0v) is 14.3. The third kappa shape index (κ3) is 2.82. The van der Waals surface area contributed by atoms with Gasteiger partial charge in [-0.1, -0.05) is 0 Å². The minimum absolute atomic E-state index is 0.0143. The number of carbonyl (C=O) groups is 2. The molecule has 2 aromatic rings. The molecule has 9 heteroatoms. The topological polar surface area (TPSA) is 123 Å². The van der Waals surface area contributed by atoms with E-state index in [9.17, 15) is 9.59 Å². The average Bonchev–Trinajstić information content (AvgIpc) is 3.23. The van der Waals surface area contributed by atoms with Crippen LogP contribution < -0.4 is 20.1 Å². The van der Waals surface area contributed by atoms with E-state index in [1.807, 2.05) is 6.07 Å². The molecule has 134 valence electrons. The van der Waals surface area contributed by atoms with E-state index in [2.05, 4.69) is 5.10 Å². The van der Waals surface area contributed by atoms with E-state index in [-0.39, 0.29) is 30.3 Å². The molecule has 2 N–H and O–H groups in total. The van der Waals surface area contributed by atoms with Gasteiger partial charge < -0.3 is 20.1 Å². The van der Waals surface area contributed by atoms with Crippen molar-refractivity contribution < 1.29 is 19.1 Å². The lowest BCUT2D eigenvalue weighted by Crippen LogP contribution is -2.29. The number of nitrogen functional groups attached to an aromatic ring is 1. The molecule has 0 bridgehead atoms. The molecule has 0 spiro atoms. The van der Waals surface area contributed by atoms with Gasteiger partial charge in [0, 0.05) is 19.0 Å². The number of nitrogens with two attached hydrogens (primary N) is 1. The normalized spacial score (nSPS) is 16.4. The van der Waals surface area contributed by atoms with Crippen LogP contribution in [0.25, 0.3) is 0 Å². The molecule has 1 aromatic carbocycles. The van der Waals surface area contributed by atoms with Crippen molar-refractivity contribution in [1.29, 1.82) is 5.26 Å². The van der Waals surface area contributed by atoms with Gasteiger partial charge in [0.25, 0.3) is 5.91 Å². The average molecular weight is 355 g/mol. The highest BCUT2D eigenvalue weighted by Crippen LogP contribution is 2.36. The van der Waals surface area contributed by atoms with E-state index in [1.54, 1.807) is 18.2 Å². The van der Waals surface area contributed by atoms with Crippen LogP contribution in [0.1, 0.15) is 16.8 Å². The molecule has 1 amide bonds. The molecule has 1 unspecified atom stereocenters. The molecule has 1 saturated heterocycles. The Kier molecular flexibility index (Phi) is 4.49. The number of hydrogen-bond acceptors (Lipinski definition) is 7. The molecule has 2 heterocycles. The Bertz CT molecular complexity index is 914. The summed E-state index contributed by atoms with van der Waals surface area (Å²) in [6, 6.07) is 6.96. The third-order valence-electron chi connectivity index (χ3n) is 4.29. The minimum atomic E-state index is -0.632. The summed E-state index contributed by atoms with van der Waals surface area (Å²) in [6.07, 6.45) is 1.24. The second kappa shape index (κ2) is 6.76. The number of aromatic nitrogens is 2.